The van der Waals surface area contributed by atoms with Crippen molar-refractivity contribution in [1.29, 1.82) is 0 Å². The number of rotatable bonds is 2. The predicted octanol–water partition coefficient (Wildman–Crippen LogP) is 4.35. The maximum Gasteiger partial charge on any atom is 0.159 e. The molecule has 1 heterocycles. The van der Waals surface area contributed by atoms with Crippen LogP contribution in [0.1, 0.15) is 23.0 Å². The van der Waals surface area contributed by atoms with Gasteiger partial charge in [-0.3, -0.25) is 4.79 Å². The zero-order valence-corrected chi connectivity index (χ0v) is 11.0. The molecule has 0 aliphatic rings. The number of aromatic nitrogens is 1. The molecule has 0 bridgehead atoms. The van der Waals surface area contributed by atoms with Gasteiger partial charge < -0.3 is 4.98 Å². The van der Waals surface area contributed by atoms with Gasteiger partial charge in [-0.05, 0) is 25.5 Å². The van der Waals surface area contributed by atoms with Gasteiger partial charge in [-0.2, -0.15) is 0 Å². The number of carbonyl (C=O) groups is 1. The number of para-hydroxylation sites is 1. The number of benzene rings is 2. The van der Waals surface area contributed by atoms with Crippen LogP contribution < -0.4 is 0 Å². The largest absolute Gasteiger partial charge is 0.358 e. The van der Waals surface area contributed by atoms with Gasteiger partial charge in [-0.1, -0.05) is 42.5 Å². The fourth-order valence-electron chi connectivity index (χ4n) is 2.52. The summed E-state index contributed by atoms with van der Waals surface area (Å²) in [5, 5.41) is 1.22. The fourth-order valence-corrected chi connectivity index (χ4v) is 2.52. The molecule has 0 radical (unpaired) electrons. The molecule has 0 aliphatic carbocycles. The molecule has 0 unspecified atom stereocenters. The minimum absolute atomic E-state index is 0.0993. The number of Topliss-reactive ketones (excluding diaryl/α,β-unsaturated/α-hetero) is 1. The van der Waals surface area contributed by atoms with Gasteiger partial charge in [0, 0.05) is 27.7 Å². The summed E-state index contributed by atoms with van der Waals surface area (Å²) < 4.78 is 0. The summed E-state index contributed by atoms with van der Waals surface area (Å²) in [6.07, 6.45) is 0. The van der Waals surface area contributed by atoms with E-state index in [0.717, 1.165) is 22.3 Å². The summed E-state index contributed by atoms with van der Waals surface area (Å²) in [6, 6.07) is 16.1. The van der Waals surface area contributed by atoms with Gasteiger partial charge in [0.2, 0.25) is 0 Å². The highest BCUT2D eigenvalue weighted by molar-refractivity contribution is 5.99. The van der Waals surface area contributed by atoms with Gasteiger partial charge in [0.25, 0.3) is 0 Å². The number of nitrogens with one attached hydrogen (secondary N) is 1. The van der Waals surface area contributed by atoms with Crippen LogP contribution >= 0.6 is 0 Å². The Labute approximate surface area is 112 Å². The SMILES string of the molecule is CC(=O)c1ccc(-c2c(C)[nH]c3ccccc23)cc1. The molecule has 3 aromatic rings. The minimum atomic E-state index is 0.0993. The van der Waals surface area contributed by atoms with Crippen molar-refractivity contribution in [2.75, 3.05) is 0 Å². The first kappa shape index (κ1) is 11.7. The Morgan fingerprint density at radius 2 is 1.68 bits per heavy atom. The molecular formula is C17H15NO. The van der Waals surface area contributed by atoms with Crippen molar-refractivity contribution in [1.82, 2.24) is 4.98 Å². The first-order chi connectivity index (χ1) is 9.16. The Morgan fingerprint density at radius 3 is 2.37 bits per heavy atom. The molecule has 2 nitrogen and oxygen atoms in total. The van der Waals surface area contributed by atoms with Crippen LogP contribution in [0.25, 0.3) is 22.0 Å². The van der Waals surface area contributed by atoms with Gasteiger partial charge in [-0.25, -0.2) is 0 Å². The van der Waals surface area contributed by atoms with E-state index in [1.807, 2.05) is 36.4 Å². The van der Waals surface area contributed by atoms with Gasteiger partial charge in [-0.15, -0.1) is 0 Å². The topological polar surface area (TPSA) is 32.9 Å². The van der Waals surface area contributed by atoms with Gasteiger partial charge in [0.05, 0.1) is 0 Å². The Hall–Kier alpha value is -2.35. The van der Waals surface area contributed by atoms with Crippen LogP contribution in [0, 0.1) is 6.92 Å². The summed E-state index contributed by atoms with van der Waals surface area (Å²) >= 11 is 0. The third-order valence-corrected chi connectivity index (χ3v) is 3.47. The molecular weight excluding hydrogens is 234 g/mol. The van der Waals surface area contributed by atoms with E-state index >= 15 is 0 Å². The predicted molar refractivity (Wildman–Crippen MR) is 78.5 cm³/mol. The molecule has 0 amide bonds. The highest BCUT2D eigenvalue weighted by Crippen LogP contribution is 2.32. The van der Waals surface area contributed by atoms with E-state index < -0.39 is 0 Å². The molecule has 2 heteroatoms. The summed E-state index contributed by atoms with van der Waals surface area (Å²) in [7, 11) is 0. The summed E-state index contributed by atoms with van der Waals surface area (Å²) in [5.74, 6) is 0.0993. The highest BCUT2D eigenvalue weighted by Gasteiger charge is 2.10. The Morgan fingerprint density at radius 1 is 1.00 bits per heavy atom. The van der Waals surface area contributed by atoms with Crippen LogP contribution in [0.4, 0.5) is 0 Å². The van der Waals surface area contributed by atoms with E-state index in [0.29, 0.717) is 0 Å². The van der Waals surface area contributed by atoms with Crippen molar-refractivity contribution < 1.29 is 4.79 Å². The van der Waals surface area contributed by atoms with Crippen LogP contribution in [0.2, 0.25) is 0 Å². The van der Waals surface area contributed by atoms with Gasteiger partial charge >= 0.3 is 0 Å². The lowest BCUT2D eigenvalue weighted by atomic mass is 10.00. The van der Waals surface area contributed by atoms with Gasteiger partial charge in [0.15, 0.2) is 5.78 Å². The van der Waals surface area contributed by atoms with E-state index in [1.54, 1.807) is 6.92 Å². The molecule has 0 atom stereocenters. The second-order valence-electron chi connectivity index (χ2n) is 4.80. The molecule has 3 rings (SSSR count). The number of H-pyrrole nitrogens is 1. The zero-order chi connectivity index (χ0) is 13.4. The fraction of sp³-hybridized carbons (Fsp3) is 0.118. The normalized spacial score (nSPS) is 10.8. The van der Waals surface area contributed by atoms with E-state index in [9.17, 15) is 4.79 Å². The first-order valence-electron chi connectivity index (χ1n) is 6.35. The summed E-state index contributed by atoms with van der Waals surface area (Å²) in [4.78, 5) is 14.7. The molecule has 1 aromatic heterocycles. The monoisotopic (exact) mass is 249 g/mol. The maximum atomic E-state index is 11.3. The van der Waals surface area contributed by atoms with Crippen molar-refractivity contribution in [2.24, 2.45) is 0 Å². The lowest BCUT2D eigenvalue weighted by molar-refractivity contribution is 0.101. The van der Waals surface area contributed by atoms with E-state index in [1.165, 1.54) is 10.9 Å². The number of fused-ring (bicyclic) bond motifs is 1. The Kier molecular flexibility index (Phi) is 2.71. The van der Waals surface area contributed by atoms with Crippen molar-refractivity contribution in [3.63, 3.8) is 0 Å². The lowest BCUT2D eigenvalue weighted by Crippen LogP contribution is -1.91. The standard InChI is InChI=1S/C17H15NO/c1-11-17(15-5-3-4-6-16(15)18-11)14-9-7-13(8-10-14)12(2)19/h3-10,18H,1-2H3. The molecule has 0 spiro atoms. The van der Waals surface area contributed by atoms with Crippen LogP contribution in [0.5, 0.6) is 0 Å². The number of aryl methyl sites for hydroxylation is 1. The number of ketones is 1. The summed E-state index contributed by atoms with van der Waals surface area (Å²) in [6.45, 7) is 3.67. The third kappa shape index (κ3) is 1.95. The molecule has 0 aliphatic heterocycles. The van der Waals surface area contributed by atoms with Crippen molar-refractivity contribution in [3.8, 4) is 11.1 Å². The number of hydrogen-bond donors (Lipinski definition) is 1. The highest BCUT2D eigenvalue weighted by atomic mass is 16.1. The quantitative estimate of drug-likeness (QED) is 0.673. The number of hydrogen-bond acceptors (Lipinski definition) is 1. The third-order valence-electron chi connectivity index (χ3n) is 3.47. The number of aromatic amines is 1. The van der Waals surface area contributed by atoms with Gasteiger partial charge in [0.1, 0.15) is 0 Å². The van der Waals surface area contributed by atoms with Crippen molar-refractivity contribution >= 4 is 16.7 Å². The molecule has 0 saturated carbocycles. The van der Waals surface area contributed by atoms with Crippen molar-refractivity contribution in [3.05, 3.63) is 59.8 Å². The number of carbonyl (C=O) groups excluding carboxylic acids is 1. The second-order valence-corrected chi connectivity index (χ2v) is 4.80. The van der Waals surface area contributed by atoms with Crippen LogP contribution in [-0.2, 0) is 0 Å². The lowest BCUT2D eigenvalue weighted by Gasteiger charge is -2.03. The molecule has 0 fully saturated rings. The maximum absolute atomic E-state index is 11.3. The van der Waals surface area contributed by atoms with E-state index in [-0.39, 0.29) is 5.78 Å². The average molecular weight is 249 g/mol. The second kappa shape index (κ2) is 4.39. The Bertz CT molecular complexity index is 751. The molecule has 0 saturated heterocycles. The molecule has 1 N–H and O–H groups in total. The van der Waals surface area contributed by atoms with E-state index in [4.69, 9.17) is 0 Å². The van der Waals surface area contributed by atoms with Crippen LogP contribution in [0.15, 0.2) is 48.5 Å². The van der Waals surface area contributed by atoms with Crippen LogP contribution in [-0.4, -0.2) is 10.8 Å². The Balaban J connectivity index is 2.18. The smallest absolute Gasteiger partial charge is 0.159 e. The zero-order valence-electron chi connectivity index (χ0n) is 11.0. The molecule has 2 aromatic carbocycles. The molecule has 19 heavy (non-hydrogen) atoms. The molecule has 94 valence electrons. The van der Waals surface area contributed by atoms with E-state index in [2.05, 4.69) is 24.0 Å². The first-order valence-corrected chi connectivity index (χ1v) is 6.35. The summed E-state index contributed by atoms with van der Waals surface area (Å²) in [5.41, 5.74) is 5.40. The minimum Gasteiger partial charge on any atom is -0.358 e. The van der Waals surface area contributed by atoms with Crippen molar-refractivity contribution in [2.45, 2.75) is 13.8 Å². The average Bonchev–Trinajstić information content (AvgIpc) is 2.74. The van der Waals surface area contributed by atoms with Crippen LogP contribution in [0.3, 0.4) is 0 Å².